The molecule has 0 aromatic heterocycles. The van der Waals surface area contributed by atoms with Crippen molar-refractivity contribution in [3.63, 3.8) is 0 Å². The summed E-state index contributed by atoms with van der Waals surface area (Å²) in [6, 6.07) is 0. The van der Waals surface area contributed by atoms with Gasteiger partial charge in [-0.2, -0.15) is 13.2 Å². The van der Waals surface area contributed by atoms with E-state index in [1.807, 2.05) is 0 Å². The number of likely N-dealkylation sites (tertiary alicyclic amines) is 1. The first kappa shape index (κ1) is 19.8. The lowest BCUT2D eigenvalue weighted by Crippen LogP contribution is -2.62. The number of halogens is 3. The minimum absolute atomic E-state index is 0.0247. The summed E-state index contributed by atoms with van der Waals surface area (Å²) in [6.45, 7) is 6.98. The van der Waals surface area contributed by atoms with Gasteiger partial charge in [0, 0.05) is 18.6 Å². The molecule has 1 fully saturated rings. The van der Waals surface area contributed by atoms with Gasteiger partial charge in [-0.3, -0.25) is 4.90 Å². The lowest BCUT2D eigenvalue weighted by atomic mass is 9.82. The second kappa shape index (κ2) is 9.14. The Bertz CT molecular complexity index is 297. The Hall–Kier alpha value is -0.250. The largest absolute Gasteiger partial charge is 0.394 e. The Morgan fingerprint density at radius 3 is 1.77 bits per heavy atom. The molecule has 0 radical (unpaired) electrons. The van der Waals surface area contributed by atoms with Gasteiger partial charge in [0.25, 0.3) is 0 Å². The third-order valence-electron chi connectivity index (χ3n) is 5.25. The van der Waals surface area contributed by atoms with Gasteiger partial charge in [-0.05, 0) is 19.8 Å². The van der Waals surface area contributed by atoms with E-state index in [9.17, 15) is 13.2 Å². The van der Waals surface area contributed by atoms with Crippen LogP contribution in [0.3, 0.4) is 0 Å². The average molecular weight is 321 g/mol. The number of nitrogens with zero attached hydrogens (tertiary/aromatic N) is 1. The molecule has 0 saturated carbocycles. The second-order valence-corrected chi connectivity index (χ2v) is 7.26. The SMILES string of the molecule is CCCCCCCC(C)(CCCCC)N1CC(C(F)(F)F)C1. The van der Waals surface area contributed by atoms with Gasteiger partial charge in [0.05, 0.1) is 5.92 Å². The second-order valence-electron chi connectivity index (χ2n) is 7.26. The molecule has 0 bridgehead atoms. The Kier molecular flexibility index (Phi) is 8.23. The van der Waals surface area contributed by atoms with Crippen LogP contribution in [0.2, 0.25) is 0 Å². The van der Waals surface area contributed by atoms with Gasteiger partial charge in [-0.15, -0.1) is 0 Å². The zero-order valence-corrected chi connectivity index (χ0v) is 14.6. The molecule has 1 aliphatic rings. The molecule has 1 aliphatic heterocycles. The lowest BCUT2D eigenvalue weighted by Gasteiger charge is -2.51. The smallest absolute Gasteiger partial charge is 0.297 e. The Morgan fingerprint density at radius 1 is 0.818 bits per heavy atom. The van der Waals surface area contributed by atoms with Crippen molar-refractivity contribution in [3.8, 4) is 0 Å². The van der Waals surface area contributed by atoms with E-state index in [4.69, 9.17) is 0 Å². The molecule has 0 amide bonds. The standard InChI is InChI=1S/C18H34F3N/c1-4-6-8-9-11-13-17(3,12-10-7-5-2)22-14-16(15-22)18(19,20)21/h16H,4-15H2,1-3H3. The molecule has 0 aromatic rings. The Labute approximate surface area is 134 Å². The van der Waals surface area contributed by atoms with Crippen molar-refractivity contribution < 1.29 is 13.2 Å². The van der Waals surface area contributed by atoms with Crippen LogP contribution in [0.1, 0.15) is 85.0 Å². The maximum absolute atomic E-state index is 12.7. The van der Waals surface area contributed by atoms with Crippen molar-refractivity contribution in [2.75, 3.05) is 13.1 Å². The molecule has 0 N–H and O–H groups in total. The first-order chi connectivity index (χ1) is 10.3. The molecule has 0 aromatic carbocycles. The molecular weight excluding hydrogens is 287 g/mol. The monoisotopic (exact) mass is 321 g/mol. The number of alkyl halides is 3. The molecule has 1 nitrogen and oxygen atoms in total. The fourth-order valence-electron chi connectivity index (χ4n) is 3.43. The minimum atomic E-state index is -4.01. The summed E-state index contributed by atoms with van der Waals surface area (Å²) in [6.07, 6.45) is 7.68. The third kappa shape index (κ3) is 6.10. The van der Waals surface area contributed by atoms with Gasteiger partial charge in [0.1, 0.15) is 0 Å². The van der Waals surface area contributed by atoms with E-state index < -0.39 is 12.1 Å². The highest BCUT2D eigenvalue weighted by atomic mass is 19.4. The van der Waals surface area contributed by atoms with Crippen molar-refractivity contribution in [1.29, 1.82) is 0 Å². The van der Waals surface area contributed by atoms with Gasteiger partial charge in [0.15, 0.2) is 0 Å². The maximum Gasteiger partial charge on any atom is 0.394 e. The summed E-state index contributed by atoms with van der Waals surface area (Å²) in [5.74, 6) is -1.10. The van der Waals surface area contributed by atoms with Gasteiger partial charge < -0.3 is 0 Å². The molecule has 1 unspecified atom stereocenters. The van der Waals surface area contributed by atoms with E-state index in [0.29, 0.717) is 0 Å². The van der Waals surface area contributed by atoms with Gasteiger partial charge in [-0.1, -0.05) is 65.2 Å². The molecule has 4 heteroatoms. The van der Waals surface area contributed by atoms with Crippen LogP contribution in [0, 0.1) is 5.92 Å². The van der Waals surface area contributed by atoms with E-state index in [2.05, 4.69) is 25.7 Å². The zero-order chi connectivity index (χ0) is 16.6. The summed E-state index contributed by atoms with van der Waals surface area (Å²) in [4.78, 5) is 2.10. The lowest BCUT2D eigenvalue weighted by molar-refractivity contribution is -0.222. The van der Waals surface area contributed by atoms with Crippen molar-refractivity contribution in [2.45, 2.75) is 96.7 Å². The normalized spacial score (nSPS) is 19.9. The van der Waals surface area contributed by atoms with Crippen molar-refractivity contribution in [2.24, 2.45) is 5.92 Å². The summed E-state index contributed by atoms with van der Waals surface area (Å²) < 4.78 is 38.2. The van der Waals surface area contributed by atoms with Crippen LogP contribution in [-0.4, -0.2) is 29.7 Å². The topological polar surface area (TPSA) is 3.24 Å². The van der Waals surface area contributed by atoms with Crippen LogP contribution in [-0.2, 0) is 0 Å². The summed E-state index contributed by atoms with van der Waals surface area (Å²) in [7, 11) is 0. The Balaban J connectivity index is 2.45. The van der Waals surface area contributed by atoms with Crippen LogP contribution >= 0.6 is 0 Å². The van der Waals surface area contributed by atoms with Crippen molar-refractivity contribution in [1.82, 2.24) is 4.90 Å². The van der Waals surface area contributed by atoms with E-state index >= 15 is 0 Å². The van der Waals surface area contributed by atoms with E-state index in [0.717, 1.165) is 32.1 Å². The van der Waals surface area contributed by atoms with Gasteiger partial charge in [-0.25, -0.2) is 0 Å². The first-order valence-electron chi connectivity index (χ1n) is 9.15. The highest BCUT2D eigenvalue weighted by Gasteiger charge is 2.51. The summed E-state index contributed by atoms with van der Waals surface area (Å²) in [5.41, 5.74) is -0.0247. The maximum atomic E-state index is 12.7. The predicted molar refractivity (Wildman–Crippen MR) is 87.0 cm³/mol. The zero-order valence-electron chi connectivity index (χ0n) is 14.6. The molecule has 1 heterocycles. The third-order valence-corrected chi connectivity index (χ3v) is 5.25. The Morgan fingerprint density at radius 2 is 1.27 bits per heavy atom. The summed E-state index contributed by atoms with van der Waals surface area (Å²) >= 11 is 0. The van der Waals surface area contributed by atoms with E-state index in [-0.39, 0.29) is 18.6 Å². The molecule has 1 saturated heterocycles. The van der Waals surface area contributed by atoms with E-state index in [1.165, 1.54) is 32.1 Å². The average Bonchev–Trinajstić information content (AvgIpc) is 2.35. The number of hydrogen-bond donors (Lipinski definition) is 0. The fraction of sp³-hybridized carbons (Fsp3) is 1.00. The molecule has 1 atom stereocenters. The molecule has 0 spiro atoms. The quantitative estimate of drug-likeness (QED) is 0.411. The van der Waals surface area contributed by atoms with Gasteiger partial charge >= 0.3 is 6.18 Å². The first-order valence-corrected chi connectivity index (χ1v) is 9.15. The molecule has 22 heavy (non-hydrogen) atoms. The van der Waals surface area contributed by atoms with Crippen LogP contribution in [0.4, 0.5) is 13.2 Å². The highest BCUT2D eigenvalue weighted by Crippen LogP contribution is 2.40. The minimum Gasteiger partial charge on any atom is -0.297 e. The molecule has 132 valence electrons. The summed E-state index contributed by atoms with van der Waals surface area (Å²) in [5, 5.41) is 0. The highest BCUT2D eigenvalue weighted by molar-refractivity contribution is 4.96. The van der Waals surface area contributed by atoms with Crippen molar-refractivity contribution >= 4 is 0 Å². The van der Waals surface area contributed by atoms with E-state index in [1.54, 1.807) is 0 Å². The van der Waals surface area contributed by atoms with Crippen molar-refractivity contribution in [3.05, 3.63) is 0 Å². The van der Waals surface area contributed by atoms with Crippen LogP contribution in [0.25, 0.3) is 0 Å². The van der Waals surface area contributed by atoms with Crippen LogP contribution in [0.15, 0.2) is 0 Å². The fourth-order valence-corrected chi connectivity index (χ4v) is 3.43. The van der Waals surface area contributed by atoms with Gasteiger partial charge in [0.2, 0.25) is 0 Å². The van der Waals surface area contributed by atoms with Crippen LogP contribution in [0.5, 0.6) is 0 Å². The predicted octanol–water partition coefficient (Wildman–Crippen LogP) is 6.18. The molecule has 0 aliphatic carbocycles. The number of unbranched alkanes of at least 4 members (excludes halogenated alkanes) is 6. The number of rotatable bonds is 11. The molecular formula is C18H34F3N. The number of hydrogen-bond acceptors (Lipinski definition) is 1. The molecule has 1 rings (SSSR count). The van der Waals surface area contributed by atoms with Crippen LogP contribution < -0.4 is 0 Å².